The van der Waals surface area contributed by atoms with Gasteiger partial charge in [0.1, 0.15) is 11.5 Å². The number of nitrogens with zero attached hydrogens (tertiary/aromatic N) is 1. The second-order valence-corrected chi connectivity index (χ2v) is 8.53. The molecule has 0 aromatic heterocycles. The Kier molecular flexibility index (Phi) is 7.62. The summed E-state index contributed by atoms with van der Waals surface area (Å²) in [5, 5.41) is 11.7. The number of unbranched alkanes of at least 4 members (excludes halogenated alkanes) is 2. The minimum absolute atomic E-state index is 0.0655. The number of methoxy groups -OCH3 is 1. The topological polar surface area (TPSA) is 66.8 Å². The molecule has 1 heterocycles. The van der Waals surface area contributed by atoms with Gasteiger partial charge in [0.25, 0.3) is 11.7 Å². The van der Waals surface area contributed by atoms with Crippen LogP contribution in [0.15, 0.2) is 42.0 Å². The Morgan fingerprint density at radius 3 is 2.41 bits per heavy atom. The SMILES string of the molecule is CCCCCN1C(=O)C(=O)/C(=C(/O)c2cc(C)cc(Cl)c2OC)C1c1ccc(CC)cc1. The number of rotatable bonds is 8. The predicted octanol–water partition coefficient (Wildman–Crippen LogP) is 5.83. The van der Waals surface area contributed by atoms with Crippen molar-refractivity contribution in [2.45, 2.75) is 52.5 Å². The third-order valence-electron chi connectivity index (χ3n) is 5.89. The highest BCUT2D eigenvalue weighted by Gasteiger charge is 2.46. The second-order valence-electron chi connectivity index (χ2n) is 8.12. The second kappa shape index (κ2) is 10.2. The number of amides is 1. The molecule has 0 bridgehead atoms. The van der Waals surface area contributed by atoms with E-state index in [1.54, 1.807) is 17.0 Å². The largest absolute Gasteiger partial charge is 0.507 e. The zero-order chi connectivity index (χ0) is 23.4. The molecule has 1 aliphatic heterocycles. The highest BCUT2D eigenvalue weighted by Crippen LogP contribution is 2.42. The van der Waals surface area contributed by atoms with E-state index < -0.39 is 17.7 Å². The number of aliphatic hydroxyl groups is 1. The van der Waals surface area contributed by atoms with Gasteiger partial charge >= 0.3 is 0 Å². The molecule has 1 atom stereocenters. The lowest BCUT2D eigenvalue weighted by molar-refractivity contribution is -0.139. The quantitative estimate of drug-likeness (QED) is 0.235. The Hall–Kier alpha value is -2.79. The van der Waals surface area contributed by atoms with E-state index in [2.05, 4.69) is 13.8 Å². The molecule has 2 aromatic carbocycles. The minimum Gasteiger partial charge on any atom is -0.507 e. The number of ether oxygens (including phenoxy) is 1. The van der Waals surface area contributed by atoms with E-state index in [-0.39, 0.29) is 17.1 Å². The maximum Gasteiger partial charge on any atom is 0.295 e. The van der Waals surface area contributed by atoms with Crippen LogP contribution in [0.2, 0.25) is 5.02 Å². The Balaban J connectivity index is 2.20. The number of carbonyl (C=O) groups is 2. The number of aliphatic hydroxyl groups excluding tert-OH is 1. The molecule has 3 rings (SSSR count). The number of carbonyl (C=O) groups excluding carboxylic acids is 2. The summed E-state index contributed by atoms with van der Waals surface area (Å²) in [5.41, 5.74) is 3.12. The first kappa shape index (κ1) is 23.9. The van der Waals surface area contributed by atoms with Crippen molar-refractivity contribution in [2.75, 3.05) is 13.7 Å². The molecule has 5 nitrogen and oxygen atoms in total. The van der Waals surface area contributed by atoms with Gasteiger partial charge in [0.2, 0.25) is 0 Å². The van der Waals surface area contributed by atoms with Crippen molar-refractivity contribution >= 4 is 29.1 Å². The number of hydrogen-bond acceptors (Lipinski definition) is 4. The number of halogens is 1. The average Bonchev–Trinajstić information content (AvgIpc) is 3.03. The average molecular weight is 456 g/mol. The van der Waals surface area contributed by atoms with Crippen molar-refractivity contribution in [3.8, 4) is 5.75 Å². The van der Waals surface area contributed by atoms with Crippen molar-refractivity contribution in [1.82, 2.24) is 4.90 Å². The molecule has 32 heavy (non-hydrogen) atoms. The number of likely N-dealkylation sites (tertiary alicyclic amines) is 1. The first-order valence-electron chi connectivity index (χ1n) is 11.1. The highest BCUT2D eigenvalue weighted by molar-refractivity contribution is 6.46. The van der Waals surface area contributed by atoms with Crippen molar-refractivity contribution in [2.24, 2.45) is 0 Å². The van der Waals surface area contributed by atoms with E-state index in [4.69, 9.17) is 16.3 Å². The molecule has 1 fully saturated rings. The summed E-state index contributed by atoms with van der Waals surface area (Å²) in [6, 6.07) is 10.6. The molecule has 170 valence electrons. The minimum atomic E-state index is -0.691. The number of Topliss-reactive ketones (excluding diaryl/α,β-unsaturated/α-hetero) is 1. The summed E-state index contributed by atoms with van der Waals surface area (Å²) in [4.78, 5) is 27.7. The van der Waals surface area contributed by atoms with E-state index in [0.29, 0.717) is 17.1 Å². The van der Waals surface area contributed by atoms with Crippen molar-refractivity contribution < 1.29 is 19.4 Å². The Morgan fingerprint density at radius 2 is 1.81 bits per heavy atom. The van der Waals surface area contributed by atoms with Gasteiger partial charge in [0, 0.05) is 6.54 Å². The summed E-state index contributed by atoms with van der Waals surface area (Å²) in [5.74, 6) is -1.28. The maximum atomic E-state index is 13.2. The summed E-state index contributed by atoms with van der Waals surface area (Å²) >= 11 is 6.33. The van der Waals surface area contributed by atoms with E-state index >= 15 is 0 Å². The molecule has 1 amide bonds. The van der Waals surface area contributed by atoms with Gasteiger partial charge in [-0.2, -0.15) is 0 Å². The van der Waals surface area contributed by atoms with E-state index in [0.717, 1.165) is 42.4 Å². The van der Waals surface area contributed by atoms with E-state index in [1.165, 1.54) is 7.11 Å². The highest BCUT2D eigenvalue weighted by atomic mass is 35.5. The number of ketones is 1. The third kappa shape index (κ3) is 4.53. The van der Waals surface area contributed by atoms with Gasteiger partial charge in [-0.25, -0.2) is 0 Å². The van der Waals surface area contributed by atoms with Crippen LogP contribution in [0.3, 0.4) is 0 Å². The normalized spacial score (nSPS) is 17.8. The molecule has 1 saturated heterocycles. The summed E-state index contributed by atoms with van der Waals surface area (Å²) in [6.45, 7) is 6.44. The van der Waals surface area contributed by atoms with Crippen LogP contribution >= 0.6 is 11.6 Å². The molecule has 0 spiro atoms. The molecule has 1 aliphatic rings. The van der Waals surface area contributed by atoms with Crippen LogP contribution < -0.4 is 4.74 Å². The molecule has 6 heteroatoms. The molecule has 0 radical (unpaired) electrons. The van der Waals surface area contributed by atoms with Crippen molar-refractivity contribution in [1.29, 1.82) is 0 Å². The molecular formula is C26H30ClNO4. The number of hydrogen-bond donors (Lipinski definition) is 1. The van der Waals surface area contributed by atoms with Gasteiger partial charge in [-0.3, -0.25) is 9.59 Å². The van der Waals surface area contributed by atoms with E-state index in [9.17, 15) is 14.7 Å². The summed E-state index contributed by atoms with van der Waals surface area (Å²) < 4.78 is 5.42. The lowest BCUT2D eigenvalue weighted by atomic mass is 9.93. The summed E-state index contributed by atoms with van der Waals surface area (Å²) in [6.07, 6.45) is 3.62. The third-order valence-corrected chi connectivity index (χ3v) is 6.17. The molecule has 0 aliphatic carbocycles. The molecule has 1 unspecified atom stereocenters. The van der Waals surface area contributed by atoms with Gasteiger partial charge < -0.3 is 14.7 Å². The van der Waals surface area contributed by atoms with Crippen LogP contribution in [0.1, 0.15) is 61.4 Å². The van der Waals surface area contributed by atoms with E-state index in [1.807, 2.05) is 31.2 Å². The molecule has 0 saturated carbocycles. The fraction of sp³-hybridized carbons (Fsp3) is 0.385. The van der Waals surface area contributed by atoms with Crippen LogP contribution in [0, 0.1) is 6.92 Å². The van der Waals surface area contributed by atoms with Gasteiger partial charge in [0.15, 0.2) is 0 Å². The van der Waals surface area contributed by atoms with Crippen molar-refractivity contribution in [3.63, 3.8) is 0 Å². The lowest BCUT2D eigenvalue weighted by Crippen LogP contribution is -2.30. The Labute approximate surface area is 194 Å². The first-order valence-corrected chi connectivity index (χ1v) is 11.4. The van der Waals surface area contributed by atoms with Crippen LogP contribution in [0.25, 0.3) is 5.76 Å². The fourth-order valence-corrected chi connectivity index (χ4v) is 4.53. The maximum absolute atomic E-state index is 13.2. The van der Waals surface area contributed by atoms with Crippen LogP contribution in [0.5, 0.6) is 5.75 Å². The summed E-state index contributed by atoms with van der Waals surface area (Å²) in [7, 11) is 1.46. The lowest BCUT2D eigenvalue weighted by Gasteiger charge is -2.25. The van der Waals surface area contributed by atoms with Gasteiger partial charge in [-0.15, -0.1) is 0 Å². The predicted molar refractivity (Wildman–Crippen MR) is 127 cm³/mol. The Morgan fingerprint density at radius 1 is 1.12 bits per heavy atom. The van der Waals surface area contributed by atoms with Crippen LogP contribution in [-0.4, -0.2) is 35.4 Å². The number of aryl methyl sites for hydroxylation is 2. The van der Waals surface area contributed by atoms with Gasteiger partial charge in [-0.05, 0) is 48.6 Å². The zero-order valence-corrected chi connectivity index (χ0v) is 19.8. The fourth-order valence-electron chi connectivity index (χ4n) is 4.18. The Bertz CT molecular complexity index is 1040. The van der Waals surface area contributed by atoms with Gasteiger partial charge in [0.05, 0.1) is 29.3 Å². The van der Waals surface area contributed by atoms with Crippen LogP contribution in [0.4, 0.5) is 0 Å². The molecule has 1 N–H and O–H groups in total. The smallest absolute Gasteiger partial charge is 0.295 e. The van der Waals surface area contributed by atoms with Gasteiger partial charge in [-0.1, -0.05) is 62.6 Å². The van der Waals surface area contributed by atoms with Crippen LogP contribution in [-0.2, 0) is 16.0 Å². The zero-order valence-electron chi connectivity index (χ0n) is 19.1. The number of benzene rings is 2. The monoisotopic (exact) mass is 455 g/mol. The molecule has 2 aromatic rings. The first-order chi connectivity index (χ1) is 15.3. The standard InChI is InChI=1S/C26H30ClNO4/c1-5-7-8-13-28-22(18-11-9-17(6-2)10-12-18)21(24(30)26(28)31)23(29)19-14-16(3)15-20(27)25(19)32-4/h9-12,14-15,22,29H,5-8,13H2,1-4H3/b23-21+. The molecular weight excluding hydrogens is 426 g/mol. The van der Waals surface area contributed by atoms with Crippen molar-refractivity contribution in [3.05, 3.63) is 69.2 Å².